The van der Waals surface area contributed by atoms with Gasteiger partial charge in [0.1, 0.15) is 5.75 Å². The van der Waals surface area contributed by atoms with E-state index in [9.17, 15) is 0 Å². The van der Waals surface area contributed by atoms with Crippen LogP contribution in [0, 0.1) is 13.8 Å². The van der Waals surface area contributed by atoms with Crippen molar-refractivity contribution in [2.75, 3.05) is 27.7 Å². The van der Waals surface area contributed by atoms with Crippen molar-refractivity contribution in [3.05, 3.63) is 28.8 Å². The SMILES string of the molecule is CNCCC(NC)c1cc(C)c(OC)cc1C. The third-order valence-corrected chi connectivity index (χ3v) is 3.19. The van der Waals surface area contributed by atoms with Crippen LogP contribution in [-0.4, -0.2) is 27.7 Å². The van der Waals surface area contributed by atoms with Crippen LogP contribution in [0.1, 0.15) is 29.2 Å². The normalized spacial score (nSPS) is 12.5. The summed E-state index contributed by atoms with van der Waals surface area (Å²) in [5, 5.41) is 6.57. The second-order valence-electron chi connectivity index (χ2n) is 4.41. The number of methoxy groups -OCH3 is 1. The minimum absolute atomic E-state index is 0.395. The Morgan fingerprint density at radius 1 is 1.18 bits per heavy atom. The maximum absolute atomic E-state index is 5.34. The largest absolute Gasteiger partial charge is 0.496 e. The highest BCUT2D eigenvalue weighted by Crippen LogP contribution is 2.27. The van der Waals surface area contributed by atoms with Gasteiger partial charge in [0.25, 0.3) is 0 Å². The highest BCUT2D eigenvalue weighted by Gasteiger charge is 2.13. The van der Waals surface area contributed by atoms with Gasteiger partial charge in [-0.15, -0.1) is 0 Å². The van der Waals surface area contributed by atoms with E-state index in [1.165, 1.54) is 16.7 Å². The fraction of sp³-hybridized carbons (Fsp3) is 0.571. The van der Waals surface area contributed by atoms with Gasteiger partial charge in [-0.2, -0.15) is 0 Å². The maximum atomic E-state index is 5.34. The predicted molar refractivity (Wildman–Crippen MR) is 72.8 cm³/mol. The number of hydrogen-bond donors (Lipinski definition) is 2. The number of rotatable bonds is 6. The lowest BCUT2D eigenvalue weighted by Gasteiger charge is -2.20. The van der Waals surface area contributed by atoms with Crippen molar-refractivity contribution in [2.24, 2.45) is 0 Å². The van der Waals surface area contributed by atoms with Gasteiger partial charge in [0, 0.05) is 6.04 Å². The van der Waals surface area contributed by atoms with Gasteiger partial charge in [-0.3, -0.25) is 0 Å². The number of hydrogen-bond acceptors (Lipinski definition) is 3. The summed E-state index contributed by atoms with van der Waals surface area (Å²) in [4.78, 5) is 0. The molecule has 1 rings (SSSR count). The second kappa shape index (κ2) is 6.62. The number of aryl methyl sites for hydroxylation is 2. The molecule has 0 bridgehead atoms. The van der Waals surface area contributed by atoms with Crippen LogP contribution >= 0.6 is 0 Å². The molecule has 0 saturated heterocycles. The van der Waals surface area contributed by atoms with Crippen molar-refractivity contribution in [2.45, 2.75) is 26.3 Å². The molecule has 0 aliphatic heterocycles. The van der Waals surface area contributed by atoms with Gasteiger partial charge in [-0.1, -0.05) is 6.07 Å². The summed E-state index contributed by atoms with van der Waals surface area (Å²) in [5.41, 5.74) is 3.83. The first-order valence-corrected chi connectivity index (χ1v) is 6.11. The van der Waals surface area contributed by atoms with Crippen LogP contribution in [0.15, 0.2) is 12.1 Å². The molecule has 0 heterocycles. The lowest BCUT2D eigenvalue weighted by atomic mass is 9.96. The molecule has 0 saturated carbocycles. The molecule has 0 aliphatic rings. The number of ether oxygens (including phenoxy) is 1. The molecule has 0 fully saturated rings. The van der Waals surface area contributed by atoms with Crippen LogP contribution in [0.25, 0.3) is 0 Å². The first kappa shape index (κ1) is 14.0. The van der Waals surface area contributed by atoms with Crippen LogP contribution < -0.4 is 15.4 Å². The quantitative estimate of drug-likeness (QED) is 0.794. The molecule has 1 atom stereocenters. The van der Waals surface area contributed by atoms with Crippen molar-refractivity contribution in [3.63, 3.8) is 0 Å². The van der Waals surface area contributed by atoms with E-state index in [0.29, 0.717) is 6.04 Å². The Kier molecular flexibility index (Phi) is 5.45. The van der Waals surface area contributed by atoms with E-state index in [4.69, 9.17) is 4.74 Å². The van der Waals surface area contributed by atoms with Crippen LogP contribution in [0.3, 0.4) is 0 Å². The van der Waals surface area contributed by atoms with Crippen molar-refractivity contribution in [1.82, 2.24) is 10.6 Å². The molecule has 1 aromatic carbocycles. The van der Waals surface area contributed by atoms with Gasteiger partial charge in [0.2, 0.25) is 0 Å². The van der Waals surface area contributed by atoms with Crippen LogP contribution in [0.2, 0.25) is 0 Å². The zero-order valence-corrected chi connectivity index (χ0v) is 11.6. The van der Waals surface area contributed by atoms with E-state index in [0.717, 1.165) is 18.7 Å². The third kappa shape index (κ3) is 3.45. The smallest absolute Gasteiger partial charge is 0.122 e. The summed E-state index contributed by atoms with van der Waals surface area (Å²) < 4.78 is 5.34. The summed E-state index contributed by atoms with van der Waals surface area (Å²) in [6.45, 7) is 5.24. The van der Waals surface area contributed by atoms with Crippen LogP contribution in [0.4, 0.5) is 0 Å². The fourth-order valence-electron chi connectivity index (χ4n) is 2.15. The molecule has 0 radical (unpaired) electrons. The maximum Gasteiger partial charge on any atom is 0.122 e. The second-order valence-corrected chi connectivity index (χ2v) is 4.41. The molecular formula is C14H24N2O. The molecule has 2 N–H and O–H groups in total. The highest BCUT2D eigenvalue weighted by atomic mass is 16.5. The lowest BCUT2D eigenvalue weighted by molar-refractivity contribution is 0.410. The van der Waals surface area contributed by atoms with E-state index in [-0.39, 0.29) is 0 Å². The van der Waals surface area contributed by atoms with E-state index >= 15 is 0 Å². The Bertz CT molecular complexity index is 363. The Labute approximate surface area is 105 Å². The third-order valence-electron chi connectivity index (χ3n) is 3.19. The topological polar surface area (TPSA) is 33.3 Å². The fourth-order valence-corrected chi connectivity index (χ4v) is 2.15. The van der Waals surface area contributed by atoms with Gasteiger partial charge in [0.05, 0.1) is 7.11 Å². The molecule has 0 amide bonds. The van der Waals surface area contributed by atoms with E-state index < -0.39 is 0 Å². The predicted octanol–water partition coefficient (Wildman–Crippen LogP) is 2.18. The summed E-state index contributed by atoms with van der Waals surface area (Å²) >= 11 is 0. The Morgan fingerprint density at radius 2 is 1.88 bits per heavy atom. The Hall–Kier alpha value is -1.06. The monoisotopic (exact) mass is 236 g/mol. The molecule has 17 heavy (non-hydrogen) atoms. The summed E-state index contributed by atoms with van der Waals surface area (Å²) in [6, 6.07) is 4.74. The summed E-state index contributed by atoms with van der Waals surface area (Å²) in [5.74, 6) is 0.967. The molecule has 3 heteroatoms. The molecule has 0 aromatic heterocycles. The molecule has 3 nitrogen and oxygen atoms in total. The van der Waals surface area contributed by atoms with Gasteiger partial charge in [-0.05, 0) is 63.7 Å². The Balaban J connectivity index is 2.99. The average molecular weight is 236 g/mol. The summed E-state index contributed by atoms with van der Waals surface area (Å²) in [7, 11) is 5.72. The first-order chi connectivity index (χ1) is 8.13. The van der Waals surface area contributed by atoms with Crippen molar-refractivity contribution < 1.29 is 4.74 Å². The van der Waals surface area contributed by atoms with Crippen molar-refractivity contribution in [1.29, 1.82) is 0 Å². The highest BCUT2D eigenvalue weighted by molar-refractivity contribution is 5.42. The van der Waals surface area contributed by atoms with Gasteiger partial charge < -0.3 is 15.4 Å². The van der Waals surface area contributed by atoms with Crippen molar-refractivity contribution >= 4 is 0 Å². The van der Waals surface area contributed by atoms with Crippen molar-refractivity contribution in [3.8, 4) is 5.75 Å². The standard InChI is InChI=1S/C14H24N2O/c1-10-9-14(17-5)11(2)8-12(10)13(16-4)6-7-15-3/h8-9,13,15-16H,6-7H2,1-5H3. The zero-order valence-electron chi connectivity index (χ0n) is 11.6. The van der Waals surface area contributed by atoms with E-state index in [1.54, 1.807) is 7.11 Å². The van der Waals surface area contributed by atoms with Gasteiger partial charge in [0.15, 0.2) is 0 Å². The summed E-state index contributed by atoms with van der Waals surface area (Å²) in [6.07, 6.45) is 1.08. The molecule has 0 spiro atoms. The minimum atomic E-state index is 0.395. The molecule has 1 unspecified atom stereocenters. The molecular weight excluding hydrogens is 212 g/mol. The lowest BCUT2D eigenvalue weighted by Crippen LogP contribution is -2.22. The molecule has 0 aliphatic carbocycles. The molecule has 1 aromatic rings. The van der Waals surface area contributed by atoms with Gasteiger partial charge >= 0.3 is 0 Å². The Morgan fingerprint density at radius 3 is 2.41 bits per heavy atom. The number of nitrogens with one attached hydrogen (secondary N) is 2. The van der Waals surface area contributed by atoms with Gasteiger partial charge in [-0.25, -0.2) is 0 Å². The van der Waals surface area contributed by atoms with Crippen LogP contribution in [-0.2, 0) is 0 Å². The number of benzene rings is 1. The average Bonchev–Trinajstić information content (AvgIpc) is 2.33. The molecule has 96 valence electrons. The van der Waals surface area contributed by atoms with E-state index in [1.807, 2.05) is 14.1 Å². The first-order valence-electron chi connectivity index (χ1n) is 6.11. The minimum Gasteiger partial charge on any atom is -0.496 e. The zero-order chi connectivity index (χ0) is 12.8. The van der Waals surface area contributed by atoms with E-state index in [2.05, 4.69) is 36.6 Å². The van der Waals surface area contributed by atoms with Crippen LogP contribution in [0.5, 0.6) is 5.75 Å².